The number of carbonyl (C=O) groups excluding carboxylic acids is 1. The fraction of sp³-hybridized carbons (Fsp3) is 0.400. The Bertz CT molecular complexity index is 429. The van der Waals surface area contributed by atoms with Crippen molar-refractivity contribution < 1.29 is 18.3 Å². The molecular weight excluding hydrogens is 319 g/mol. The molecule has 0 radical (unpaired) electrons. The van der Waals surface area contributed by atoms with Crippen LogP contribution in [0.5, 0.6) is 0 Å². The van der Waals surface area contributed by atoms with Crippen molar-refractivity contribution >= 4 is 33.5 Å². The molecule has 3 nitrogen and oxygen atoms in total. The average Bonchev–Trinajstić information content (AvgIpc) is 2.27. The van der Waals surface area contributed by atoms with Gasteiger partial charge in [-0.2, -0.15) is 0 Å². The van der Waals surface area contributed by atoms with E-state index in [1.807, 2.05) is 0 Å². The number of alkyl halides is 3. The van der Waals surface area contributed by atoms with Gasteiger partial charge in [-0.15, -0.1) is 11.6 Å². The maximum absolute atomic E-state index is 12.7. The molecule has 1 aromatic rings. The summed E-state index contributed by atoms with van der Waals surface area (Å²) in [7, 11) is 0. The first-order valence-corrected chi connectivity index (χ1v) is 6.04. The van der Waals surface area contributed by atoms with Crippen LogP contribution < -0.4 is 0 Å². The smallest absolute Gasteiger partial charge is 0.356 e. The number of pyridine rings is 1. The topological polar surface area (TPSA) is 39.2 Å². The second-order valence-corrected chi connectivity index (χ2v) is 4.13. The normalized spacial score (nSPS) is 10.7. The fourth-order valence-electron chi connectivity index (χ4n) is 1.22. The Morgan fingerprint density at radius 2 is 2.29 bits per heavy atom. The predicted molar refractivity (Wildman–Crippen MR) is 62.4 cm³/mol. The van der Waals surface area contributed by atoms with E-state index in [-0.39, 0.29) is 33.9 Å². The third kappa shape index (κ3) is 3.35. The van der Waals surface area contributed by atoms with Crippen molar-refractivity contribution in [3.05, 3.63) is 27.5 Å². The first-order chi connectivity index (χ1) is 8.01. The number of hydrogen-bond acceptors (Lipinski definition) is 3. The minimum atomic E-state index is -2.71. The Hall–Kier alpha value is -0.750. The average molecular weight is 329 g/mol. The molecule has 1 rings (SSSR count). The van der Waals surface area contributed by atoms with Gasteiger partial charge < -0.3 is 4.74 Å². The standard InChI is InChI=1S/C10H9BrClF2NO2/c1-2-17-10(16)6-3-5(11)8(9(13)14)7(4-12)15-6/h3,9H,2,4H2,1H3. The van der Waals surface area contributed by atoms with Crippen LogP contribution in [-0.2, 0) is 10.6 Å². The zero-order chi connectivity index (χ0) is 13.0. The van der Waals surface area contributed by atoms with E-state index in [0.29, 0.717) is 0 Å². The highest BCUT2D eigenvalue weighted by atomic mass is 79.9. The van der Waals surface area contributed by atoms with Gasteiger partial charge in [-0.3, -0.25) is 0 Å². The van der Waals surface area contributed by atoms with Crippen LogP contribution in [-0.4, -0.2) is 17.6 Å². The van der Waals surface area contributed by atoms with Crippen molar-refractivity contribution in [2.24, 2.45) is 0 Å². The summed E-state index contributed by atoms with van der Waals surface area (Å²) >= 11 is 8.51. The predicted octanol–water partition coefficient (Wildman–Crippen LogP) is 3.70. The van der Waals surface area contributed by atoms with E-state index in [2.05, 4.69) is 20.9 Å². The van der Waals surface area contributed by atoms with Crippen LogP contribution in [0.25, 0.3) is 0 Å². The molecule has 0 saturated carbocycles. The summed E-state index contributed by atoms with van der Waals surface area (Å²) < 4.78 is 30.3. The molecule has 0 fully saturated rings. The molecule has 0 unspecified atom stereocenters. The number of esters is 1. The molecule has 1 aromatic heterocycles. The minimum Gasteiger partial charge on any atom is -0.461 e. The molecule has 0 N–H and O–H groups in total. The molecule has 1 heterocycles. The van der Waals surface area contributed by atoms with Gasteiger partial charge in [0.2, 0.25) is 0 Å². The lowest BCUT2D eigenvalue weighted by Crippen LogP contribution is -2.10. The van der Waals surface area contributed by atoms with Crippen LogP contribution in [0.15, 0.2) is 10.5 Å². The maximum Gasteiger partial charge on any atom is 0.356 e. The Morgan fingerprint density at radius 3 is 2.76 bits per heavy atom. The molecule has 0 aliphatic heterocycles. The van der Waals surface area contributed by atoms with Gasteiger partial charge in [0, 0.05) is 4.47 Å². The summed E-state index contributed by atoms with van der Waals surface area (Å²) in [5.41, 5.74) is -0.370. The maximum atomic E-state index is 12.7. The van der Waals surface area contributed by atoms with Gasteiger partial charge in [-0.05, 0) is 13.0 Å². The number of rotatable bonds is 4. The third-order valence-electron chi connectivity index (χ3n) is 1.92. The molecule has 94 valence electrons. The Balaban J connectivity index is 3.22. The molecule has 17 heavy (non-hydrogen) atoms. The van der Waals surface area contributed by atoms with Gasteiger partial charge in [-0.25, -0.2) is 18.6 Å². The summed E-state index contributed by atoms with van der Waals surface area (Å²) in [6, 6.07) is 1.20. The van der Waals surface area contributed by atoms with E-state index >= 15 is 0 Å². The second kappa shape index (κ2) is 6.26. The summed E-state index contributed by atoms with van der Waals surface area (Å²) in [6.45, 7) is 1.83. The van der Waals surface area contributed by atoms with Crippen LogP contribution in [0.4, 0.5) is 8.78 Å². The van der Waals surface area contributed by atoms with E-state index < -0.39 is 12.4 Å². The van der Waals surface area contributed by atoms with Crippen molar-refractivity contribution in [2.45, 2.75) is 19.2 Å². The molecule has 0 amide bonds. The summed E-state index contributed by atoms with van der Waals surface area (Å²) in [6.07, 6.45) is -2.71. The first kappa shape index (κ1) is 14.3. The van der Waals surface area contributed by atoms with Gasteiger partial charge in [-0.1, -0.05) is 15.9 Å². The number of hydrogen-bond donors (Lipinski definition) is 0. The largest absolute Gasteiger partial charge is 0.461 e. The van der Waals surface area contributed by atoms with E-state index in [1.165, 1.54) is 6.07 Å². The van der Waals surface area contributed by atoms with Crippen LogP contribution in [0.1, 0.15) is 35.1 Å². The van der Waals surface area contributed by atoms with Crippen LogP contribution in [0.2, 0.25) is 0 Å². The van der Waals surface area contributed by atoms with Crippen molar-refractivity contribution in [1.82, 2.24) is 4.98 Å². The zero-order valence-electron chi connectivity index (χ0n) is 8.84. The third-order valence-corrected chi connectivity index (χ3v) is 2.83. The lowest BCUT2D eigenvalue weighted by Gasteiger charge is -2.10. The van der Waals surface area contributed by atoms with E-state index in [4.69, 9.17) is 16.3 Å². The molecule has 0 aliphatic rings. The second-order valence-electron chi connectivity index (χ2n) is 3.00. The van der Waals surface area contributed by atoms with E-state index in [1.54, 1.807) is 6.92 Å². The lowest BCUT2D eigenvalue weighted by atomic mass is 10.2. The quantitative estimate of drug-likeness (QED) is 0.625. The van der Waals surface area contributed by atoms with Gasteiger partial charge >= 0.3 is 5.97 Å². The lowest BCUT2D eigenvalue weighted by molar-refractivity contribution is 0.0518. The van der Waals surface area contributed by atoms with Crippen LogP contribution >= 0.6 is 27.5 Å². The van der Waals surface area contributed by atoms with Gasteiger partial charge in [0.05, 0.1) is 23.7 Å². The number of aromatic nitrogens is 1. The number of ether oxygens (including phenoxy) is 1. The highest BCUT2D eigenvalue weighted by molar-refractivity contribution is 9.10. The van der Waals surface area contributed by atoms with Crippen molar-refractivity contribution in [3.8, 4) is 0 Å². The van der Waals surface area contributed by atoms with Crippen molar-refractivity contribution in [2.75, 3.05) is 6.61 Å². The molecule has 0 aliphatic carbocycles. The van der Waals surface area contributed by atoms with Gasteiger partial charge in [0.15, 0.2) is 0 Å². The van der Waals surface area contributed by atoms with Gasteiger partial charge in [0.1, 0.15) is 5.69 Å². The molecule has 0 aromatic carbocycles. The minimum absolute atomic E-state index is 0.0286. The van der Waals surface area contributed by atoms with E-state index in [9.17, 15) is 13.6 Å². The number of carbonyl (C=O) groups is 1. The fourth-order valence-corrected chi connectivity index (χ4v) is 2.04. The molecular formula is C10H9BrClF2NO2. The highest BCUT2D eigenvalue weighted by Crippen LogP contribution is 2.31. The molecule has 7 heteroatoms. The Morgan fingerprint density at radius 1 is 1.65 bits per heavy atom. The SMILES string of the molecule is CCOC(=O)c1cc(Br)c(C(F)F)c(CCl)n1. The monoisotopic (exact) mass is 327 g/mol. The summed E-state index contributed by atoms with van der Waals surface area (Å²) in [5.74, 6) is -0.869. The first-order valence-electron chi connectivity index (χ1n) is 4.71. The number of halogens is 4. The van der Waals surface area contributed by atoms with Crippen molar-refractivity contribution in [1.29, 1.82) is 0 Å². The Kier molecular flexibility index (Phi) is 5.27. The molecule has 0 atom stereocenters. The van der Waals surface area contributed by atoms with Crippen LogP contribution in [0, 0.1) is 0 Å². The summed E-state index contributed by atoms with van der Waals surface area (Å²) in [4.78, 5) is 15.2. The van der Waals surface area contributed by atoms with Crippen LogP contribution in [0.3, 0.4) is 0 Å². The molecule has 0 saturated heterocycles. The zero-order valence-corrected chi connectivity index (χ0v) is 11.2. The summed E-state index contributed by atoms with van der Waals surface area (Å²) in [5, 5.41) is 0. The van der Waals surface area contributed by atoms with Crippen molar-refractivity contribution in [3.63, 3.8) is 0 Å². The highest BCUT2D eigenvalue weighted by Gasteiger charge is 2.21. The number of nitrogens with zero attached hydrogens (tertiary/aromatic N) is 1. The Labute approximate surface area is 110 Å². The van der Waals surface area contributed by atoms with Gasteiger partial charge in [0.25, 0.3) is 6.43 Å². The molecule has 0 spiro atoms. The molecule has 0 bridgehead atoms. The van der Waals surface area contributed by atoms with E-state index in [0.717, 1.165) is 0 Å².